The molecule has 7 nitrogen and oxygen atoms in total. The smallest absolute Gasteiger partial charge is 0.259 e. The second-order valence-electron chi connectivity index (χ2n) is 10.2. The number of rotatable bonds is 13. The zero-order chi connectivity index (χ0) is 27.0. The first kappa shape index (κ1) is 29.3. The van der Waals surface area contributed by atoms with Crippen LogP contribution in [0.1, 0.15) is 76.0 Å². The molecule has 1 amide bonds. The number of amides is 1. The molecule has 0 spiro atoms. The van der Waals surface area contributed by atoms with E-state index in [1.54, 1.807) is 0 Å². The van der Waals surface area contributed by atoms with E-state index in [9.17, 15) is 9.59 Å². The van der Waals surface area contributed by atoms with Crippen molar-refractivity contribution in [2.24, 2.45) is 0 Å². The molecule has 0 N–H and O–H groups in total. The highest BCUT2D eigenvalue weighted by Crippen LogP contribution is 2.50. The first-order chi connectivity index (χ1) is 16.9. The third-order valence-corrected chi connectivity index (χ3v) is 10.7. The van der Waals surface area contributed by atoms with Gasteiger partial charge in [0, 0.05) is 30.2 Å². The fraction of sp³-hybridized carbons (Fsp3) is 0.833. The van der Waals surface area contributed by atoms with Gasteiger partial charge in [-0.05, 0) is 53.5 Å². The molecule has 0 aromatic carbocycles. The van der Waals surface area contributed by atoms with E-state index in [1.165, 1.54) is 12.3 Å². The van der Waals surface area contributed by atoms with E-state index in [2.05, 4.69) is 25.4 Å². The summed E-state index contributed by atoms with van der Waals surface area (Å²) in [6.07, 6.45) is -0.787. The molecule has 11 heteroatoms. The first-order valence-electron chi connectivity index (χ1n) is 12.9. The predicted molar refractivity (Wildman–Crippen MR) is 144 cm³/mol. The van der Waals surface area contributed by atoms with Gasteiger partial charge in [-0.15, -0.1) is 0 Å². The quantitative estimate of drug-likeness (QED) is 0.117. The van der Waals surface area contributed by atoms with Crippen LogP contribution in [0.2, 0.25) is 0 Å². The summed E-state index contributed by atoms with van der Waals surface area (Å²) in [5.74, 6) is 0.172. The topological polar surface area (TPSA) is 68.3 Å². The predicted octanol–water partition coefficient (Wildman–Crippen LogP) is 6.09. The van der Waals surface area contributed by atoms with Crippen LogP contribution >= 0.6 is 30.1 Å². The summed E-state index contributed by atoms with van der Waals surface area (Å²) in [5, 5.41) is 0. The number of carbonyl (C=O) groups is 2. The molecule has 1 saturated heterocycles. The minimum Gasteiger partial charge on any atom is -0.349 e. The molecule has 2 aliphatic heterocycles. The second-order valence-corrected chi connectivity index (χ2v) is 14.9. The molecular weight excluding hydrogens is 510 g/mol. The summed E-state index contributed by atoms with van der Waals surface area (Å²) in [5.41, 5.74) is 0. The molecule has 5 atom stereocenters. The largest absolute Gasteiger partial charge is 0.349 e. The van der Waals surface area contributed by atoms with Crippen LogP contribution < -0.4 is 0 Å². The maximum Gasteiger partial charge on any atom is 0.259 e. The number of hydrogen-bond donors (Lipinski definition) is 0. The standard InChI is InChI=1S/C24H42FN2O5PS2/c1-16(2)27(17(3)4)33(30-13-9-10-14-34-35-24(6,7)8)32-22-18(5)31-23(21(22)25)26-12-11-19(28)15-20(26)29/h11-12,16-18,21-23H,9-10,13-15H2,1-8H3/i5D. The number of allylic oxidation sites excluding steroid dienone is 1. The van der Waals surface area contributed by atoms with E-state index in [0.29, 0.717) is 6.61 Å². The Kier molecular flexibility index (Phi) is 11.8. The molecular formula is C24H42FN2O5PS2. The van der Waals surface area contributed by atoms with Crippen LogP contribution in [0.4, 0.5) is 4.39 Å². The number of alkyl halides is 1. The lowest BCUT2D eigenvalue weighted by Crippen LogP contribution is -2.45. The third kappa shape index (κ3) is 9.55. The average Bonchev–Trinajstić information content (AvgIpc) is 3.07. The Balaban J connectivity index is 2.06. The average molecular weight is 554 g/mol. The minimum absolute atomic E-state index is 0.0955. The van der Waals surface area contributed by atoms with Crippen LogP contribution in [0.25, 0.3) is 0 Å². The van der Waals surface area contributed by atoms with Crippen molar-refractivity contribution in [3.05, 3.63) is 12.3 Å². The van der Waals surface area contributed by atoms with Gasteiger partial charge in [0.25, 0.3) is 8.53 Å². The number of unbranched alkanes of at least 4 members (excludes halogenated alkanes) is 1. The lowest BCUT2D eigenvalue weighted by atomic mass is 10.1. The molecule has 2 aliphatic rings. The Morgan fingerprint density at radius 1 is 1.29 bits per heavy atom. The van der Waals surface area contributed by atoms with Gasteiger partial charge in [-0.1, -0.05) is 42.4 Å². The fourth-order valence-electron chi connectivity index (χ4n) is 3.67. The highest BCUT2D eigenvalue weighted by Gasteiger charge is 2.50. The summed E-state index contributed by atoms with van der Waals surface area (Å²) in [6.45, 7) is 15.0. The Labute approximate surface area is 221 Å². The van der Waals surface area contributed by atoms with Gasteiger partial charge in [0.05, 0.1) is 19.1 Å². The zero-order valence-electron chi connectivity index (χ0n) is 22.9. The van der Waals surface area contributed by atoms with Crippen LogP contribution in [0.5, 0.6) is 0 Å². The summed E-state index contributed by atoms with van der Waals surface area (Å²) in [6, 6.07) is 0.191. The van der Waals surface area contributed by atoms with Gasteiger partial charge in [-0.3, -0.25) is 14.5 Å². The highest BCUT2D eigenvalue weighted by atomic mass is 33.1. The van der Waals surface area contributed by atoms with Crippen LogP contribution in [-0.2, 0) is 23.4 Å². The van der Waals surface area contributed by atoms with Gasteiger partial charge >= 0.3 is 0 Å². The number of halogens is 1. The van der Waals surface area contributed by atoms with Crippen LogP contribution in [0.15, 0.2) is 12.3 Å². The molecule has 0 aliphatic carbocycles. The molecule has 0 aromatic heterocycles. The van der Waals surface area contributed by atoms with Gasteiger partial charge in [0.1, 0.15) is 6.10 Å². The Hall–Kier alpha value is -0.220. The van der Waals surface area contributed by atoms with Crippen molar-refractivity contribution >= 4 is 41.8 Å². The van der Waals surface area contributed by atoms with E-state index in [0.717, 1.165) is 23.5 Å². The van der Waals surface area contributed by atoms with Crippen LogP contribution in [0.3, 0.4) is 0 Å². The van der Waals surface area contributed by atoms with Gasteiger partial charge in [-0.2, -0.15) is 0 Å². The van der Waals surface area contributed by atoms with E-state index >= 15 is 4.39 Å². The number of ketones is 1. The van der Waals surface area contributed by atoms with Crippen molar-refractivity contribution in [3.8, 4) is 0 Å². The molecule has 0 bridgehead atoms. The summed E-state index contributed by atoms with van der Waals surface area (Å²) < 4.78 is 44.2. The van der Waals surface area contributed by atoms with Gasteiger partial charge in [0.2, 0.25) is 5.91 Å². The van der Waals surface area contributed by atoms with E-state index in [4.69, 9.17) is 15.2 Å². The molecule has 2 rings (SSSR count). The monoisotopic (exact) mass is 553 g/mol. The molecule has 1 fully saturated rings. The molecule has 35 heavy (non-hydrogen) atoms. The van der Waals surface area contributed by atoms with E-state index in [-0.39, 0.29) is 35.9 Å². The van der Waals surface area contributed by atoms with Crippen molar-refractivity contribution in [3.63, 3.8) is 0 Å². The van der Waals surface area contributed by atoms with Crippen molar-refractivity contribution in [1.82, 2.24) is 9.57 Å². The van der Waals surface area contributed by atoms with Gasteiger partial charge in [-0.25, -0.2) is 9.06 Å². The number of carbonyl (C=O) groups excluding carboxylic acids is 2. The van der Waals surface area contributed by atoms with Crippen molar-refractivity contribution < 1.29 is 29.1 Å². The maximum atomic E-state index is 15.7. The second kappa shape index (κ2) is 14.1. The number of ether oxygens (including phenoxy) is 1. The van der Waals surface area contributed by atoms with Crippen molar-refractivity contribution in [2.75, 3.05) is 12.4 Å². The van der Waals surface area contributed by atoms with E-state index < -0.39 is 39.0 Å². The summed E-state index contributed by atoms with van der Waals surface area (Å²) in [7, 11) is 2.10. The maximum absolute atomic E-state index is 15.7. The van der Waals surface area contributed by atoms with Gasteiger partial charge < -0.3 is 13.8 Å². The summed E-state index contributed by atoms with van der Waals surface area (Å²) >= 11 is 0. The lowest BCUT2D eigenvalue weighted by Gasteiger charge is -2.37. The Morgan fingerprint density at radius 2 is 1.97 bits per heavy atom. The van der Waals surface area contributed by atoms with Crippen LogP contribution in [0, 0.1) is 0 Å². The SMILES string of the molecule is [2H]CC1OC(N2C=CC(=O)CC2=O)C(F)C1OP(OCCCCSSC(C)(C)C)N(C(C)C)C(C)C. The summed E-state index contributed by atoms with van der Waals surface area (Å²) in [4.78, 5) is 25.0. The van der Waals surface area contributed by atoms with E-state index in [1.807, 2.05) is 49.3 Å². The fourth-order valence-corrected chi connectivity index (χ4v) is 7.90. The first-order valence-corrected chi connectivity index (χ1v) is 15.6. The molecule has 2 heterocycles. The van der Waals surface area contributed by atoms with Gasteiger partial charge in [0.15, 0.2) is 18.2 Å². The van der Waals surface area contributed by atoms with Crippen LogP contribution in [-0.4, -0.2) is 75.1 Å². The normalized spacial score (nSPS) is 26.9. The lowest BCUT2D eigenvalue weighted by molar-refractivity contribution is -0.145. The Morgan fingerprint density at radius 3 is 2.54 bits per heavy atom. The Bertz CT molecular complexity index is 751. The van der Waals surface area contributed by atoms with Crippen molar-refractivity contribution in [1.29, 1.82) is 0 Å². The molecule has 202 valence electrons. The highest BCUT2D eigenvalue weighted by molar-refractivity contribution is 8.77. The zero-order valence-corrected chi connectivity index (χ0v) is 24.5. The molecule has 0 aromatic rings. The molecule has 5 unspecified atom stereocenters. The molecule has 0 saturated carbocycles. The third-order valence-electron chi connectivity index (χ3n) is 5.17. The number of hydrogen-bond acceptors (Lipinski definition) is 8. The molecule has 0 radical (unpaired) electrons. The minimum atomic E-state index is -1.68. The van der Waals surface area contributed by atoms with Crippen molar-refractivity contribution in [2.45, 2.75) is 116 Å². The number of nitrogens with zero attached hydrogens (tertiary/aromatic N) is 2.